The molecule has 0 radical (unpaired) electrons. The third-order valence-electron chi connectivity index (χ3n) is 4.81. The third kappa shape index (κ3) is 3.08. The fraction of sp³-hybridized carbons (Fsp3) is 0.389. The van der Waals surface area contributed by atoms with Crippen molar-refractivity contribution in [3.63, 3.8) is 0 Å². The highest BCUT2D eigenvalue weighted by Gasteiger charge is 2.23. The van der Waals surface area contributed by atoms with Crippen LogP contribution in [0.1, 0.15) is 40.7 Å². The van der Waals surface area contributed by atoms with Crippen LogP contribution in [0.4, 0.5) is 5.95 Å². The molecule has 2 N–H and O–H groups in total. The van der Waals surface area contributed by atoms with E-state index in [-0.39, 0.29) is 11.7 Å². The largest absolute Gasteiger partial charge is 0.451 e. The molecule has 4 rings (SSSR count). The van der Waals surface area contributed by atoms with E-state index in [4.69, 9.17) is 16.0 Å². The monoisotopic (exact) mass is 373 g/mol. The number of benzene rings is 1. The molecular weight excluding hydrogens is 354 g/mol. The van der Waals surface area contributed by atoms with Crippen molar-refractivity contribution in [3.8, 4) is 0 Å². The number of carbonyl (C=O) groups excluding carboxylic acids is 1. The zero-order valence-corrected chi connectivity index (χ0v) is 15.4. The van der Waals surface area contributed by atoms with E-state index in [0.717, 1.165) is 42.7 Å². The minimum atomic E-state index is -0.345. The van der Waals surface area contributed by atoms with Crippen LogP contribution in [0.3, 0.4) is 0 Å². The fourth-order valence-corrected chi connectivity index (χ4v) is 3.51. The molecule has 0 spiro atoms. The standard InChI is InChI=1S/C18H20ClN5O2/c1-10-13-9-12(19)3-4-14(13)26-15(10)17(25)22-18-21-16(23-24(18)2)11-5-7-20-8-6-11/h3-4,9,11,20H,5-8H2,1-2H3,(H,21,22,23,25). The van der Waals surface area contributed by atoms with Gasteiger partial charge >= 0.3 is 0 Å². The highest BCUT2D eigenvalue weighted by Crippen LogP contribution is 2.28. The molecule has 0 unspecified atom stereocenters. The van der Waals surface area contributed by atoms with Crippen molar-refractivity contribution >= 4 is 34.4 Å². The molecule has 1 saturated heterocycles. The lowest BCUT2D eigenvalue weighted by atomic mass is 9.98. The summed E-state index contributed by atoms with van der Waals surface area (Å²) in [5, 5.41) is 12.0. The molecule has 0 atom stereocenters. The molecule has 0 bridgehead atoms. The number of furan rings is 1. The van der Waals surface area contributed by atoms with Crippen LogP contribution in [-0.4, -0.2) is 33.8 Å². The van der Waals surface area contributed by atoms with Crippen molar-refractivity contribution in [2.45, 2.75) is 25.7 Å². The van der Waals surface area contributed by atoms with Crippen LogP contribution in [0.5, 0.6) is 0 Å². The second kappa shape index (κ2) is 6.74. The molecule has 3 heterocycles. The number of fused-ring (bicyclic) bond motifs is 1. The number of amides is 1. The average molecular weight is 374 g/mol. The maximum absolute atomic E-state index is 12.7. The predicted molar refractivity (Wildman–Crippen MR) is 99.8 cm³/mol. The summed E-state index contributed by atoms with van der Waals surface area (Å²) in [4.78, 5) is 17.2. The van der Waals surface area contributed by atoms with Gasteiger partial charge in [0.1, 0.15) is 5.58 Å². The Morgan fingerprint density at radius 3 is 2.92 bits per heavy atom. The van der Waals surface area contributed by atoms with Gasteiger partial charge in [-0.2, -0.15) is 10.1 Å². The van der Waals surface area contributed by atoms with Crippen molar-refractivity contribution in [1.82, 2.24) is 20.1 Å². The van der Waals surface area contributed by atoms with Crippen LogP contribution < -0.4 is 10.6 Å². The number of halogens is 1. The minimum Gasteiger partial charge on any atom is -0.451 e. The van der Waals surface area contributed by atoms with E-state index in [2.05, 4.69) is 20.7 Å². The van der Waals surface area contributed by atoms with Gasteiger partial charge in [-0.1, -0.05) is 11.6 Å². The first kappa shape index (κ1) is 17.1. The van der Waals surface area contributed by atoms with Crippen LogP contribution in [-0.2, 0) is 7.05 Å². The van der Waals surface area contributed by atoms with E-state index in [1.165, 1.54) is 0 Å². The van der Waals surface area contributed by atoms with Crippen molar-refractivity contribution in [3.05, 3.63) is 40.4 Å². The molecule has 26 heavy (non-hydrogen) atoms. The maximum atomic E-state index is 12.7. The van der Waals surface area contributed by atoms with Gasteiger partial charge in [0.2, 0.25) is 5.95 Å². The summed E-state index contributed by atoms with van der Waals surface area (Å²) in [5.74, 6) is 1.43. The number of piperidine rings is 1. The smallest absolute Gasteiger partial charge is 0.294 e. The number of rotatable bonds is 3. The van der Waals surface area contributed by atoms with Gasteiger partial charge in [-0.25, -0.2) is 4.68 Å². The Bertz CT molecular complexity index is 972. The Morgan fingerprint density at radius 2 is 2.15 bits per heavy atom. The number of aryl methyl sites for hydroxylation is 2. The number of aromatic nitrogens is 3. The molecule has 2 aromatic heterocycles. The maximum Gasteiger partial charge on any atom is 0.294 e. The molecule has 8 heteroatoms. The van der Waals surface area contributed by atoms with Crippen LogP contribution >= 0.6 is 11.6 Å². The Morgan fingerprint density at radius 1 is 1.38 bits per heavy atom. The summed E-state index contributed by atoms with van der Waals surface area (Å²) in [6.07, 6.45) is 2.00. The number of anilines is 1. The van der Waals surface area contributed by atoms with Crippen LogP contribution in [0, 0.1) is 6.92 Å². The fourth-order valence-electron chi connectivity index (χ4n) is 3.33. The van der Waals surface area contributed by atoms with Gasteiger partial charge < -0.3 is 9.73 Å². The molecule has 136 valence electrons. The van der Waals surface area contributed by atoms with Gasteiger partial charge in [0, 0.05) is 28.9 Å². The Hall–Kier alpha value is -2.38. The minimum absolute atomic E-state index is 0.258. The molecule has 3 aromatic rings. The summed E-state index contributed by atoms with van der Waals surface area (Å²) >= 11 is 6.04. The first-order valence-corrected chi connectivity index (χ1v) is 9.02. The third-order valence-corrected chi connectivity index (χ3v) is 5.05. The van der Waals surface area contributed by atoms with E-state index in [9.17, 15) is 4.79 Å². The molecule has 1 aliphatic heterocycles. The molecule has 7 nitrogen and oxygen atoms in total. The first-order valence-electron chi connectivity index (χ1n) is 8.64. The zero-order chi connectivity index (χ0) is 18.3. The second-order valence-corrected chi connectivity index (χ2v) is 7.03. The van der Waals surface area contributed by atoms with E-state index in [1.54, 1.807) is 29.9 Å². The lowest BCUT2D eigenvalue weighted by Crippen LogP contribution is -2.27. The zero-order valence-electron chi connectivity index (χ0n) is 14.7. The molecule has 0 saturated carbocycles. The van der Waals surface area contributed by atoms with Gasteiger partial charge in [-0.3, -0.25) is 10.1 Å². The summed E-state index contributed by atoms with van der Waals surface area (Å²) < 4.78 is 7.32. The highest BCUT2D eigenvalue weighted by atomic mass is 35.5. The second-order valence-electron chi connectivity index (χ2n) is 6.59. The Kier molecular flexibility index (Phi) is 4.42. The average Bonchev–Trinajstić information content (AvgIpc) is 3.16. The van der Waals surface area contributed by atoms with E-state index >= 15 is 0 Å². The summed E-state index contributed by atoms with van der Waals surface area (Å²) in [6, 6.07) is 5.30. The lowest BCUT2D eigenvalue weighted by molar-refractivity contribution is 0.0996. The van der Waals surface area contributed by atoms with Gasteiger partial charge in [-0.15, -0.1) is 0 Å². The molecule has 0 aliphatic carbocycles. The van der Waals surface area contributed by atoms with Gasteiger partial charge in [0.25, 0.3) is 5.91 Å². The quantitative estimate of drug-likeness (QED) is 0.736. The SMILES string of the molecule is Cc1c(C(=O)Nc2nc(C3CCNCC3)nn2C)oc2ccc(Cl)cc12. The van der Waals surface area contributed by atoms with Crippen LogP contribution in [0.15, 0.2) is 22.6 Å². The van der Waals surface area contributed by atoms with Crippen molar-refractivity contribution in [2.75, 3.05) is 18.4 Å². The number of hydrogen-bond acceptors (Lipinski definition) is 5. The topological polar surface area (TPSA) is 85.0 Å². The van der Waals surface area contributed by atoms with Crippen LogP contribution in [0.25, 0.3) is 11.0 Å². The predicted octanol–water partition coefficient (Wildman–Crippen LogP) is 3.24. The molecule has 1 aliphatic rings. The Labute approximate surface area is 155 Å². The number of hydrogen-bond donors (Lipinski definition) is 2. The molecule has 1 amide bonds. The normalized spacial score (nSPS) is 15.5. The lowest BCUT2D eigenvalue weighted by Gasteiger charge is -2.19. The van der Waals surface area contributed by atoms with Crippen molar-refractivity contribution in [2.24, 2.45) is 7.05 Å². The van der Waals surface area contributed by atoms with Gasteiger partial charge in [-0.05, 0) is 51.1 Å². The van der Waals surface area contributed by atoms with E-state index in [1.807, 2.05) is 6.92 Å². The summed E-state index contributed by atoms with van der Waals surface area (Å²) in [5.41, 5.74) is 1.38. The molecule has 1 aromatic carbocycles. The van der Waals surface area contributed by atoms with E-state index < -0.39 is 0 Å². The molecule has 1 fully saturated rings. The number of nitrogens with zero attached hydrogens (tertiary/aromatic N) is 3. The van der Waals surface area contributed by atoms with E-state index in [0.29, 0.717) is 22.5 Å². The van der Waals surface area contributed by atoms with Crippen LogP contribution in [0.2, 0.25) is 5.02 Å². The highest BCUT2D eigenvalue weighted by molar-refractivity contribution is 6.31. The first-order chi connectivity index (χ1) is 12.5. The summed E-state index contributed by atoms with van der Waals surface area (Å²) in [7, 11) is 1.78. The number of carbonyl (C=O) groups is 1. The van der Waals surface area contributed by atoms with Gasteiger partial charge in [0.15, 0.2) is 11.6 Å². The number of nitrogens with one attached hydrogen (secondary N) is 2. The van der Waals surface area contributed by atoms with Crippen molar-refractivity contribution < 1.29 is 9.21 Å². The molecular formula is C18H20ClN5O2. The summed E-state index contributed by atoms with van der Waals surface area (Å²) in [6.45, 7) is 3.77. The van der Waals surface area contributed by atoms with Crippen molar-refractivity contribution in [1.29, 1.82) is 0 Å². The Balaban J connectivity index is 1.58. The van der Waals surface area contributed by atoms with Gasteiger partial charge in [0.05, 0.1) is 0 Å².